The van der Waals surface area contributed by atoms with Gasteiger partial charge < -0.3 is 8.83 Å². The molecule has 0 amide bonds. The lowest BCUT2D eigenvalue weighted by molar-refractivity contribution is 0.669. The minimum absolute atomic E-state index is 0.607. The monoisotopic (exact) mass is 587 g/mol. The maximum atomic E-state index is 9.99. The summed E-state index contributed by atoms with van der Waals surface area (Å²) in [5, 5.41) is 14.4. The van der Waals surface area contributed by atoms with Gasteiger partial charge in [0.05, 0.1) is 11.6 Å². The molecule has 214 valence electrons. The van der Waals surface area contributed by atoms with Gasteiger partial charge in [0, 0.05) is 32.7 Å². The first-order chi connectivity index (χ1) is 22.7. The van der Waals surface area contributed by atoms with Gasteiger partial charge in [-0.1, -0.05) is 115 Å². The Bertz CT molecular complexity index is 2650. The van der Waals surface area contributed by atoms with Gasteiger partial charge in [0.25, 0.3) is 0 Å². The van der Waals surface area contributed by atoms with Crippen LogP contribution in [0.3, 0.4) is 0 Å². The quantitative estimate of drug-likeness (QED) is 0.206. The Morgan fingerprint density at radius 2 is 0.848 bits per heavy atom. The van der Waals surface area contributed by atoms with Gasteiger partial charge >= 0.3 is 0 Å². The second-order valence-corrected chi connectivity index (χ2v) is 11.6. The van der Waals surface area contributed by atoms with Gasteiger partial charge in [0.15, 0.2) is 0 Å². The lowest BCUT2D eigenvalue weighted by Crippen LogP contribution is -1.87. The van der Waals surface area contributed by atoms with E-state index >= 15 is 0 Å². The first-order valence-corrected chi connectivity index (χ1v) is 15.3. The van der Waals surface area contributed by atoms with Gasteiger partial charge in [0.2, 0.25) is 0 Å². The van der Waals surface area contributed by atoms with Crippen LogP contribution in [0.5, 0.6) is 0 Å². The first kappa shape index (κ1) is 26.1. The van der Waals surface area contributed by atoms with Crippen LogP contribution in [0.2, 0.25) is 0 Å². The van der Waals surface area contributed by atoms with Crippen LogP contribution in [0, 0.1) is 11.3 Å². The zero-order valence-electron chi connectivity index (χ0n) is 24.7. The smallest absolute Gasteiger partial charge is 0.143 e. The maximum absolute atomic E-state index is 9.99. The molecule has 2 aromatic heterocycles. The number of para-hydroxylation sites is 4. The topological polar surface area (TPSA) is 50.1 Å². The minimum atomic E-state index is 0.607. The van der Waals surface area contributed by atoms with Crippen LogP contribution in [0.15, 0.2) is 160 Å². The number of nitrogens with zero attached hydrogens (tertiary/aromatic N) is 1. The summed E-state index contributed by atoms with van der Waals surface area (Å²) >= 11 is 0. The summed E-state index contributed by atoms with van der Waals surface area (Å²) in [7, 11) is 0. The molecule has 46 heavy (non-hydrogen) atoms. The maximum Gasteiger partial charge on any atom is 0.143 e. The highest BCUT2D eigenvalue weighted by molar-refractivity contribution is 6.10. The predicted octanol–water partition coefficient (Wildman–Crippen LogP) is 12.0. The van der Waals surface area contributed by atoms with E-state index in [1.54, 1.807) is 0 Å². The van der Waals surface area contributed by atoms with Crippen molar-refractivity contribution >= 4 is 43.9 Å². The number of rotatable bonds is 4. The zero-order chi connectivity index (χ0) is 30.6. The lowest BCUT2D eigenvalue weighted by Gasteiger charge is -2.11. The third-order valence-corrected chi connectivity index (χ3v) is 8.91. The number of nitriles is 1. The second kappa shape index (κ2) is 10.4. The highest BCUT2D eigenvalue weighted by Gasteiger charge is 2.15. The van der Waals surface area contributed by atoms with Crippen LogP contribution >= 0.6 is 0 Å². The van der Waals surface area contributed by atoms with Crippen LogP contribution in [-0.4, -0.2) is 0 Å². The zero-order valence-corrected chi connectivity index (χ0v) is 24.7. The molecule has 0 fully saturated rings. The summed E-state index contributed by atoms with van der Waals surface area (Å²) in [5.74, 6) is 0. The van der Waals surface area contributed by atoms with Crippen LogP contribution in [-0.2, 0) is 0 Å². The normalized spacial score (nSPS) is 11.5. The van der Waals surface area contributed by atoms with Crippen molar-refractivity contribution in [3.8, 4) is 50.6 Å². The molecule has 3 heteroatoms. The van der Waals surface area contributed by atoms with E-state index in [1.165, 1.54) is 0 Å². The molecule has 0 aliphatic carbocycles. The molecule has 0 bridgehead atoms. The van der Waals surface area contributed by atoms with E-state index < -0.39 is 0 Å². The van der Waals surface area contributed by atoms with Gasteiger partial charge in [-0.05, 0) is 69.8 Å². The van der Waals surface area contributed by atoms with Gasteiger partial charge in [0.1, 0.15) is 22.3 Å². The van der Waals surface area contributed by atoms with Gasteiger partial charge in [-0.15, -0.1) is 0 Å². The number of hydrogen-bond donors (Lipinski definition) is 0. The van der Waals surface area contributed by atoms with Crippen LogP contribution < -0.4 is 0 Å². The van der Waals surface area contributed by atoms with E-state index in [-0.39, 0.29) is 0 Å². The van der Waals surface area contributed by atoms with Crippen molar-refractivity contribution in [1.29, 1.82) is 5.26 Å². The Kier molecular flexibility index (Phi) is 5.88. The molecule has 9 aromatic rings. The van der Waals surface area contributed by atoms with Crippen molar-refractivity contribution in [2.24, 2.45) is 0 Å². The molecular weight excluding hydrogens is 562 g/mol. The number of benzene rings is 7. The molecule has 2 heterocycles. The van der Waals surface area contributed by atoms with Crippen molar-refractivity contribution in [3.05, 3.63) is 157 Å². The molecular formula is C43H25NO2. The highest BCUT2D eigenvalue weighted by Crippen LogP contribution is 2.39. The predicted molar refractivity (Wildman–Crippen MR) is 187 cm³/mol. The second-order valence-electron chi connectivity index (χ2n) is 11.6. The van der Waals surface area contributed by atoms with Crippen molar-refractivity contribution in [1.82, 2.24) is 0 Å². The largest absolute Gasteiger partial charge is 0.455 e. The summed E-state index contributed by atoms with van der Waals surface area (Å²) in [5.41, 5.74) is 12.5. The SMILES string of the molecule is N#Cc1cc(-c2cccc(-c3ccc(-c4cccc5c4oc4ccccc45)cc3)c2)cc(-c2cccc3c2oc2ccccc23)c1. The minimum Gasteiger partial charge on any atom is -0.455 e. The fourth-order valence-corrected chi connectivity index (χ4v) is 6.68. The third kappa shape index (κ3) is 4.20. The lowest BCUT2D eigenvalue weighted by atomic mass is 9.93. The van der Waals surface area contributed by atoms with E-state index in [1.807, 2.05) is 48.5 Å². The van der Waals surface area contributed by atoms with Crippen molar-refractivity contribution in [3.63, 3.8) is 0 Å². The number of furan rings is 2. The molecule has 0 saturated carbocycles. The summed E-state index contributed by atoms with van der Waals surface area (Å²) < 4.78 is 12.6. The summed E-state index contributed by atoms with van der Waals surface area (Å²) in [6.45, 7) is 0. The van der Waals surface area contributed by atoms with E-state index in [2.05, 4.69) is 109 Å². The Balaban J connectivity index is 1.10. The van der Waals surface area contributed by atoms with Crippen molar-refractivity contribution < 1.29 is 8.83 Å². The molecule has 0 aliphatic rings. The van der Waals surface area contributed by atoms with Gasteiger partial charge in [-0.25, -0.2) is 0 Å². The molecule has 9 rings (SSSR count). The van der Waals surface area contributed by atoms with Crippen LogP contribution in [0.1, 0.15) is 5.56 Å². The highest BCUT2D eigenvalue weighted by atomic mass is 16.3. The number of hydrogen-bond acceptors (Lipinski definition) is 3. The standard InChI is InChI=1S/C43H25NO2/c44-26-27-22-32(25-33(23-27)35-13-7-15-39-37-11-2-4-17-41(37)46-43(35)39)31-9-5-8-30(24-31)28-18-20-29(21-19-28)34-12-6-14-38-36-10-1-3-16-40(36)45-42(34)38/h1-25H. The molecule has 0 radical (unpaired) electrons. The molecule has 0 unspecified atom stereocenters. The summed E-state index contributed by atoms with van der Waals surface area (Å²) in [6, 6.07) is 54.4. The Morgan fingerprint density at radius 1 is 0.370 bits per heavy atom. The van der Waals surface area contributed by atoms with E-state index in [0.717, 1.165) is 88.4 Å². The Morgan fingerprint density at radius 3 is 1.48 bits per heavy atom. The molecule has 0 atom stereocenters. The average Bonchev–Trinajstić information content (AvgIpc) is 3.70. The first-order valence-electron chi connectivity index (χ1n) is 15.3. The van der Waals surface area contributed by atoms with Crippen molar-refractivity contribution in [2.45, 2.75) is 0 Å². The van der Waals surface area contributed by atoms with Gasteiger partial charge in [-0.3, -0.25) is 0 Å². The third-order valence-electron chi connectivity index (χ3n) is 8.91. The molecule has 7 aromatic carbocycles. The molecule has 3 nitrogen and oxygen atoms in total. The summed E-state index contributed by atoms with van der Waals surface area (Å²) in [4.78, 5) is 0. The fourth-order valence-electron chi connectivity index (χ4n) is 6.68. The molecule has 0 spiro atoms. The molecule has 0 N–H and O–H groups in total. The van der Waals surface area contributed by atoms with Crippen LogP contribution in [0.4, 0.5) is 0 Å². The Labute approximate surface area is 265 Å². The molecule has 0 saturated heterocycles. The average molecular weight is 588 g/mol. The van der Waals surface area contributed by atoms with Crippen LogP contribution in [0.25, 0.3) is 88.4 Å². The van der Waals surface area contributed by atoms with E-state index in [4.69, 9.17) is 8.83 Å². The Hall–Kier alpha value is -6.37. The summed E-state index contributed by atoms with van der Waals surface area (Å²) in [6.07, 6.45) is 0. The van der Waals surface area contributed by atoms with Crippen molar-refractivity contribution in [2.75, 3.05) is 0 Å². The van der Waals surface area contributed by atoms with Gasteiger partial charge in [-0.2, -0.15) is 5.26 Å². The fraction of sp³-hybridized carbons (Fsp3) is 0. The van der Waals surface area contributed by atoms with E-state index in [9.17, 15) is 5.26 Å². The molecule has 0 aliphatic heterocycles. The number of fused-ring (bicyclic) bond motifs is 6. The van der Waals surface area contributed by atoms with E-state index in [0.29, 0.717) is 5.56 Å².